The lowest BCUT2D eigenvalue weighted by Crippen LogP contribution is -1.82. The third-order valence-electron chi connectivity index (χ3n) is 1.82. The number of hydrogen-bond donors (Lipinski definition) is 0. The van der Waals surface area contributed by atoms with Crippen LogP contribution in [-0.2, 0) is 4.79 Å². The van der Waals surface area contributed by atoms with Crippen LogP contribution in [-0.4, -0.2) is 6.29 Å². The van der Waals surface area contributed by atoms with Gasteiger partial charge in [0, 0.05) is 19.5 Å². The molecule has 0 aromatic heterocycles. The Hall–Kier alpha value is 0.130. The predicted molar refractivity (Wildman–Crippen MR) is 76.2 cm³/mol. The largest absolute Gasteiger partial charge is 0.303 e. The zero-order valence-electron chi connectivity index (χ0n) is 7.84. The van der Waals surface area contributed by atoms with Crippen LogP contribution in [0.15, 0.2) is 33.8 Å². The molecule has 0 saturated heterocycles. The molecule has 0 aliphatic heterocycles. The molecule has 0 heterocycles. The van der Waals surface area contributed by atoms with Crippen LogP contribution < -0.4 is 0 Å². The number of benzene rings is 1. The Bertz CT molecular complexity index is 373. The smallest absolute Gasteiger partial charge is 0.120 e. The molecule has 0 bridgehead atoms. The number of aldehydes is 1. The summed E-state index contributed by atoms with van der Waals surface area (Å²) in [5.74, 6) is 0. The normalized spacial score (nSPS) is 12.2. The topological polar surface area (TPSA) is 17.1 Å². The molecule has 0 atom stereocenters. The third kappa shape index (κ3) is 4.25. The monoisotopic (exact) mass is 398 g/mol. The minimum atomic E-state index is 0.474. The third-order valence-corrected chi connectivity index (χ3v) is 4.32. The maximum absolute atomic E-state index is 10.2. The number of halogens is 3. The molecule has 0 saturated carbocycles. The van der Waals surface area contributed by atoms with Crippen molar-refractivity contribution in [3.63, 3.8) is 0 Å². The lowest BCUT2D eigenvalue weighted by Gasteiger charge is -2.03. The Morgan fingerprint density at radius 1 is 1.40 bits per heavy atom. The van der Waals surface area contributed by atoms with Gasteiger partial charge in [0.2, 0.25) is 0 Å². The molecule has 1 rings (SSSR count). The van der Waals surface area contributed by atoms with Crippen LogP contribution in [0, 0.1) is 0 Å². The van der Waals surface area contributed by atoms with Crippen molar-refractivity contribution in [1.82, 2.24) is 0 Å². The molecule has 0 unspecified atom stereocenters. The lowest BCUT2D eigenvalue weighted by atomic mass is 10.2. The molecule has 0 radical (unpaired) electrons. The van der Waals surface area contributed by atoms with Crippen LogP contribution in [0.25, 0.3) is 3.58 Å². The fourth-order valence-corrected chi connectivity index (χ4v) is 2.16. The SMILES string of the molecule is O=CCC/C(Cl)=C(/I)c1ccc(Br)cc1. The molecule has 4 heteroatoms. The Labute approximate surface area is 116 Å². The summed E-state index contributed by atoms with van der Waals surface area (Å²) < 4.78 is 2.04. The van der Waals surface area contributed by atoms with Crippen molar-refractivity contribution < 1.29 is 4.79 Å². The van der Waals surface area contributed by atoms with Gasteiger partial charge >= 0.3 is 0 Å². The summed E-state index contributed by atoms with van der Waals surface area (Å²) >= 11 is 11.7. The highest BCUT2D eigenvalue weighted by molar-refractivity contribution is 14.1. The molecule has 80 valence electrons. The first kappa shape index (κ1) is 13.2. The highest BCUT2D eigenvalue weighted by atomic mass is 127. The average Bonchev–Trinajstić information content (AvgIpc) is 2.26. The van der Waals surface area contributed by atoms with E-state index in [2.05, 4.69) is 38.5 Å². The van der Waals surface area contributed by atoms with Gasteiger partial charge in [0.05, 0.1) is 0 Å². The molecule has 0 amide bonds. The molecule has 0 N–H and O–H groups in total. The van der Waals surface area contributed by atoms with Crippen LogP contribution in [0.1, 0.15) is 18.4 Å². The number of allylic oxidation sites excluding steroid dienone is 1. The van der Waals surface area contributed by atoms with Crippen LogP contribution in [0.3, 0.4) is 0 Å². The van der Waals surface area contributed by atoms with E-state index in [1.54, 1.807) is 0 Å². The van der Waals surface area contributed by atoms with E-state index in [1.807, 2.05) is 24.3 Å². The standard InChI is InChI=1S/C11H9BrClIO/c12-9-5-3-8(4-6-9)11(14)10(13)2-1-7-15/h3-7H,1-2H2/b11-10-. The summed E-state index contributed by atoms with van der Waals surface area (Å²) in [7, 11) is 0. The van der Waals surface area contributed by atoms with Crippen LogP contribution in [0.2, 0.25) is 0 Å². The summed E-state index contributed by atoms with van der Waals surface area (Å²) in [6, 6.07) is 7.93. The van der Waals surface area contributed by atoms with Gasteiger partial charge in [-0.25, -0.2) is 0 Å². The van der Waals surface area contributed by atoms with Crippen LogP contribution in [0.4, 0.5) is 0 Å². The second-order valence-electron chi connectivity index (χ2n) is 2.93. The fourth-order valence-electron chi connectivity index (χ4n) is 1.05. The van der Waals surface area contributed by atoms with Gasteiger partial charge in [-0.1, -0.05) is 39.7 Å². The molecule has 1 aromatic carbocycles. The first-order chi connectivity index (χ1) is 7.15. The van der Waals surface area contributed by atoms with E-state index in [1.165, 1.54) is 0 Å². The van der Waals surface area contributed by atoms with E-state index in [4.69, 9.17) is 11.6 Å². The van der Waals surface area contributed by atoms with Gasteiger partial charge in [-0.05, 0) is 46.7 Å². The van der Waals surface area contributed by atoms with Gasteiger partial charge in [-0.3, -0.25) is 0 Å². The number of carbonyl (C=O) groups excluding carboxylic acids is 1. The minimum absolute atomic E-state index is 0.474. The van der Waals surface area contributed by atoms with Gasteiger partial charge < -0.3 is 4.79 Å². The molecule has 0 aliphatic carbocycles. The molecule has 1 nitrogen and oxygen atoms in total. The Kier molecular flexibility index (Phi) is 5.86. The summed E-state index contributed by atoms with van der Waals surface area (Å²) in [6.07, 6.45) is 1.97. The van der Waals surface area contributed by atoms with E-state index >= 15 is 0 Å². The molecule has 0 fully saturated rings. The number of hydrogen-bond acceptors (Lipinski definition) is 1. The zero-order chi connectivity index (χ0) is 11.3. The van der Waals surface area contributed by atoms with Crippen molar-refractivity contribution >= 4 is 60.0 Å². The molecule has 15 heavy (non-hydrogen) atoms. The Morgan fingerprint density at radius 3 is 2.53 bits per heavy atom. The first-order valence-electron chi connectivity index (χ1n) is 4.39. The quantitative estimate of drug-likeness (QED) is 0.527. The Morgan fingerprint density at radius 2 is 2.00 bits per heavy atom. The fraction of sp³-hybridized carbons (Fsp3) is 0.182. The van der Waals surface area contributed by atoms with Crippen LogP contribution in [0.5, 0.6) is 0 Å². The molecule has 0 spiro atoms. The average molecular weight is 399 g/mol. The van der Waals surface area contributed by atoms with Gasteiger partial charge in [0.15, 0.2) is 0 Å². The second-order valence-corrected chi connectivity index (χ2v) is 5.38. The lowest BCUT2D eigenvalue weighted by molar-refractivity contribution is -0.107. The number of carbonyl (C=O) groups is 1. The van der Waals surface area contributed by atoms with Gasteiger partial charge in [-0.2, -0.15) is 0 Å². The number of rotatable bonds is 4. The zero-order valence-corrected chi connectivity index (χ0v) is 12.3. The minimum Gasteiger partial charge on any atom is -0.303 e. The van der Waals surface area contributed by atoms with Crippen molar-refractivity contribution in [1.29, 1.82) is 0 Å². The maximum Gasteiger partial charge on any atom is 0.120 e. The van der Waals surface area contributed by atoms with Gasteiger partial charge in [0.1, 0.15) is 6.29 Å². The Balaban J connectivity index is 2.86. The summed E-state index contributed by atoms with van der Waals surface area (Å²) in [5, 5.41) is 0.741. The van der Waals surface area contributed by atoms with Crippen molar-refractivity contribution in [3.8, 4) is 0 Å². The molecule has 0 aliphatic rings. The van der Waals surface area contributed by atoms with Crippen molar-refractivity contribution in [2.24, 2.45) is 0 Å². The first-order valence-corrected chi connectivity index (χ1v) is 6.64. The highest BCUT2D eigenvalue weighted by Crippen LogP contribution is 2.30. The van der Waals surface area contributed by atoms with E-state index in [9.17, 15) is 4.79 Å². The second kappa shape index (κ2) is 6.66. The van der Waals surface area contributed by atoms with Crippen molar-refractivity contribution in [3.05, 3.63) is 39.3 Å². The van der Waals surface area contributed by atoms with E-state index in [0.29, 0.717) is 12.8 Å². The van der Waals surface area contributed by atoms with Crippen LogP contribution >= 0.6 is 50.1 Å². The summed E-state index contributed by atoms with van der Waals surface area (Å²) in [5.41, 5.74) is 1.08. The maximum atomic E-state index is 10.2. The van der Waals surface area contributed by atoms with Crippen molar-refractivity contribution in [2.75, 3.05) is 0 Å². The van der Waals surface area contributed by atoms with Gasteiger partial charge in [0.25, 0.3) is 0 Å². The van der Waals surface area contributed by atoms with Gasteiger partial charge in [-0.15, -0.1) is 0 Å². The summed E-state index contributed by atoms with van der Waals surface area (Å²) in [4.78, 5) is 10.2. The molecular formula is C11H9BrClIO. The van der Waals surface area contributed by atoms with E-state index in [0.717, 1.165) is 24.9 Å². The van der Waals surface area contributed by atoms with Crippen molar-refractivity contribution in [2.45, 2.75) is 12.8 Å². The highest BCUT2D eigenvalue weighted by Gasteiger charge is 2.03. The van der Waals surface area contributed by atoms with E-state index < -0.39 is 0 Å². The molecule has 1 aromatic rings. The summed E-state index contributed by atoms with van der Waals surface area (Å²) in [6.45, 7) is 0. The predicted octanol–water partition coefficient (Wildman–Crippen LogP) is 4.77. The molecular weight excluding hydrogens is 390 g/mol. The van der Waals surface area contributed by atoms with E-state index in [-0.39, 0.29) is 0 Å².